The molecule has 0 bridgehead atoms. The molecule has 1 saturated heterocycles. The van der Waals surface area contributed by atoms with Gasteiger partial charge < -0.3 is 9.80 Å². The Labute approximate surface area is 118 Å². The van der Waals surface area contributed by atoms with E-state index in [2.05, 4.69) is 19.8 Å². The number of likely N-dealkylation sites (tertiary alicyclic amines) is 1. The van der Waals surface area contributed by atoms with Crippen molar-refractivity contribution in [2.24, 2.45) is 0 Å². The molecular weight excluding hydrogens is 271 g/mol. The molecule has 0 atom stereocenters. The predicted octanol–water partition coefficient (Wildman–Crippen LogP) is 2.40. The minimum Gasteiger partial charge on any atom is -0.358 e. The molecule has 18 heavy (non-hydrogen) atoms. The Morgan fingerprint density at radius 1 is 1.33 bits per heavy atom. The number of anilines is 1. The lowest BCUT2D eigenvalue weighted by Crippen LogP contribution is -2.32. The molecule has 1 aliphatic rings. The highest BCUT2D eigenvalue weighted by Crippen LogP contribution is 2.24. The van der Waals surface area contributed by atoms with Crippen molar-refractivity contribution in [2.75, 3.05) is 38.1 Å². The molecule has 0 radical (unpaired) electrons. The van der Waals surface area contributed by atoms with E-state index in [0.717, 1.165) is 24.5 Å². The summed E-state index contributed by atoms with van der Waals surface area (Å²) in [6.45, 7) is 4.40. The highest BCUT2D eigenvalue weighted by Gasteiger charge is 2.15. The van der Waals surface area contributed by atoms with Crippen molar-refractivity contribution in [1.82, 2.24) is 14.9 Å². The molecule has 100 valence electrons. The van der Waals surface area contributed by atoms with E-state index in [9.17, 15) is 0 Å². The smallest absolute Gasteiger partial charge is 0.138 e. The fourth-order valence-corrected chi connectivity index (χ4v) is 2.74. The van der Waals surface area contributed by atoms with E-state index >= 15 is 0 Å². The fraction of sp³-hybridized carbons (Fsp3) is 0.667. The van der Waals surface area contributed by atoms with Crippen LogP contribution in [0.15, 0.2) is 6.33 Å². The molecule has 6 heteroatoms. The molecule has 0 aromatic carbocycles. The molecule has 2 heterocycles. The summed E-state index contributed by atoms with van der Waals surface area (Å²) in [4.78, 5) is 12.8. The Morgan fingerprint density at radius 3 is 2.72 bits per heavy atom. The summed E-state index contributed by atoms with van der Waals surface area (Å²) < 4.78 is 0. The van der Waals surface area contributed by atoms with Gasteiger partial charge in [-0.25, -0.2) is 9.97 Å². The number of likely N-dealkylation sites (N-methyl/N-ethyl adjacent to an activating group) is 1. The molecule has 4 nitrogen and oxygen atoms in total. The lowest BCUT2D eigenvalue weighted by atomic mass is 10.3. The molecule has 0 amide bonds. The summed E-state index contributed by atoms with van der Waals surface area (Å²) in [5, 5.41) is 0.447. The first-order valence-corrected chi connectivity index (χ1v) is 7.12. The minimum absolute atomic E-state index is 0.336. The van der Waals surface area contributed by atoms with Crippen LogP contribution in [0.4, 0.5) is 5.82 Å². The third-order valence-electron chi connectivity index (χ3n) is 3.32. The van der Waals surface area contributed by atoms with Crippen LogP contribution in [0, 0.1) is 0 Å². The van der Waals surface area contributed by atoms with Crippen molar-refractivity contribution in [1.29, 1.82) is 0 Å². The molecule has 1 fully saturated rings. The minimum atomic E-state index is 0.336. The summed E-state index contributed by atoms with van der Waals surface area (Å²) in [5.74, 6) is 1.17. The maximum Gasteiger partial charge on any atom is 0.138 e. The van der Waals surface area contributed by atoms with Crippen LogP contribution in [0.3, 0.4) is 0 Å². The SMILES string of the molecule is CN(CCN1CCCC1)c1ncnc(Cl)c1CCl. The van der Waals surface area contributed by atoms with Crippen LogP contribution in [0.2, 0.25) is 5.15 Å². The largest absolute Gasteiger partial charge is 0.358 e. The highest BCUT2D eigenvalue weighted by molar-refractivity contribution is 6.31. The van der Waals surface area contributed by atoms with Crippen LogP contribution in [0.5, 0.6) is 0 Å². The Balaban J connectivity index is 1.99. The predicted molar refractivity (Wildman–Crippen MR) is 75.5 cm³/mol. The van der Waals surface area contributed by atoms with Crippen LogP contribution >= 0.6 is 23.2 Å². The fourth-order valence-electron chi connectivity index (χ4n) is 2.23. The summed E-state index contributed by atoms with van der Waals surface area (Å²) in [5.41, 5.74) is 0.810. The van der Waals surface area contributed by atoms with Crippen LogP contribution in [0.25, 0.3) is 0 Å². The van der Waals surface area contributed by atoms with E-state index in [1.165, 1.54) is 32.3 Å². The van der Waals surface area contributed by atoms with Gasteiger partial charge in [0, 0.05) is 25.7 Å². The van der Waals surface area contributed by atoms with Gasteiger partial charge in [0.15, 0.2) is 0 Å². The molecule has 0 aliphatic carbocycles. The summed E-state index contributed by atoms with van der Waals surface area (Å²) >= 11 is 11.9. The second kappa shape index (κ2) is 6.55. The maximum atomic E-state index is 6.03. The Morgan fingerprint density at radius 2 is 2.06 bits per heavy atom. The van der Waals surface area contributed by atoms with Crippen LogP contribution in [-0.4, -0.2) is 48.1 Å². The number of aromatic nitrogens is 2. The molecule has 1 aromatic rings. The zero-order chi connectivity index (χ0) is 13.0. The lowest BCUT2D eigenvalue weighted by molar-refractivity contribution is 0.346. The zero-order valence-electron chi connectivity index (χ0n) is 10.6. The molecule has 0 spiro atoms. The van der Waals surface area contributed by atoms with Gasteiger partial charge in [-0.1, -0.05) is 11.6 Å². The van der Waals surface area contributed by atoms with Crippen molar-refractivity contribution >= 4 is 29.0 Å². The first kappa shape index (κ1) is 13.8. The number of hydrogen-bond acceptors (Lipinski definition) is 4. The van der Waals surface area contributed by atoms with E-state index in [4.69, 9.17) is 23.2 Å². The van der Waals surface area contributed by atoms with Crippen molar-refractivity contribution < 1.29 is 0 Å². The third kappa shape index (κ3) is 3.25. The van der Waals surface area contributed by atoms with Crippen molar-refractivity contribution in [2.45, 2.75) is 18.7 Å². The van der Waals surface area contributed by atoms with Gasteiger partial charge in [-0.3, -0.25) is 0 Å². The standard InChI is InChI=1S/C12H18Cl2N4/c1-17(6-7-18-4-2-3-5-18)12-10(8-13)11(14)15-9-16-12/h9H,2-8H2,1H3. The van der Waals surface area contributed by atoms with Crippen LogP contribution in [0.1, 0.15) is 18.4 Å². The van der Waals surface area contributed by atoms with Crippen molar-refractivity contribution in [3.63, 3.8) is 0 Å². The van der Waals surface area contributed by atoms with Gasteiger partial charge in [-0.05, 0) is 25.9 Å². The first-order valence-electron chi connectivity index (χ1n) is 6.21. The van der Waals surface area contributed by atoms with E-state index in [0.29, 0.717) is 11.0 Å². The molecule has 0 saturated carbocycles. The van der Waals surface area contributed by atoms with Gasteiger partial charge in [-0.15, -0.1) is 11.6 Å². The molecule has 1 aliphatic heterocycles. The van der Waals surface area contributed by atoms with Crippen LogP contribution < -0.4 is 4.90 Å². The number of halogens is 2. The van der Waals surface area contributed by atoms with E-state index in [1.807, 2.05) is 7.05 Å². The lowest BCUT2D eigenvalue weighted by Gasteiger charge is -2.23. The average molecular weight is 289 g/mol. The van der Waals surface area contributed by atoms with Gasteiger partial charge in [0.25, 0.3) is 0 Å². The Hall–Kier alpha value is -0.580. The molecular formula is C12H18Cl2N4. The van der Waals surface area contributed by atoms with Gasteiger partial charge in [0.1, 0.15) is 17.3 Å². The van der Waals surface area contributed by atoms with Crippen molar-refractivity contribution in [3.8, 4) is 0 Å². The van der Waals surface area contributed by atoms with E-state index in [1.54, 1.807) is 0 Å². The second-order valence-corrected chi connectivity index (χ2v) is 5.20. The summed E-state index contributed by atoms with van der Waals surface area (Å²) in [7, 11) is 2.02. The first-order chi connectivity index (χ1) is 8.72. The van der Waals surface area contributed by atoms with Crippen molar-refractivity contribution in [3.05, 3.63) is 17.0 Å². The normalized spacial score (nSPS) is 16.2. The van der Waals surface area contributed by atoms with Gasteiger partial charge in [0.05, 0.1) is 5.88 Å². The molecule has 0 N–H and O–H groups in total. The Kier molecular flexibility index (Phi) is 5.03. The topological polar surface area (TPSA) is 32.3 Å². The average Bonchev–Trinajstić information content (AvgIpc) is 2.88. The molecule has 2 rings (SSSR count). The van der Waals surface area contributed by atoms with E-state index < -0.39 is 0 Å². The quantitative estimate of drug-likeness (QED) is 0.615. The molecule has 1 aromatic heterocycles. The number of rotatable bonds is 5. The molecule has 0 unspecified atom stereocenters. The number of hydrogen-bond donors (Lipinski definition) is 0. The highest BCUT2D eigenvalue weighted by atomic mass is 35.5. The maximum absolute atomic E-state index is 6.03. The number of alkyl halides is 1. The summed E-state index contributed by atoms with van der Waals surface area (Å²) in [6.07, 6.45) is 4.12. The van der Waals surface area contributed by atoms with Gasteiger partial charge in [-0.2, -0.15) is 0 Å². The van der Waals surface area contributed by atoms with E-state index in [-0.39, 0.29) is 0 Å². The number of nitrogens with zero attached hydrogens (tertiary/aromatic N) is 4. The van der Waals surface area contributed by atoms with Crippen LogP contribution in [-0.2, 0) is 5.88 Å². The Bertz CT molecular complexity index is 394. The summed E-state index contributed by atoms with van der Waals surface area (Å²) in [6, 6.07) is 0. The second-order valence-electron chi connectivity index (χ2n) is 4.57. The zero-order valence-corrected chi connectivity index (χ0v) is 12.1. The van der Waals surface area contributed by atoms with Gasteiger partial charge >= 0.3 is 0 Å². The van der Waals surface area contributed by atoms with Gasteiger partial charge in [0.2, 0.25) is 0 Å². The monoisotopic (exact) mass is 288 g/mol. The third-order valence-corrected chi connectivity index (χ3v) is 3.91.